The van der Waals surface area contributed by atoms with E-state index >= 15 is 0 Å². The van der Waals surface area contributed by atoms with Gasteiger partial charge in [-0.15, -0.1) is 0 Å². The van der Waals surface area contributed by atoms with Crippen molar-refractivity contribution in [2.45, 2.75) is 13.0 Å². The number of nitrogens with zero attached hydrogens (tertiary/aromatic N) is 1. The second-order valence-corrected chi connectivity index (χ2v) is 5.84. The molecule has 3 rings (SSSR count). The highest BCUT2D eigenvalue weighted by Gasteiger charge is 2.11. The highest BCUT2D eigenvalue weighted by molar-refractivity contribution is 5.95. The largest absolute Gasteiger partial charge is 0.478 e. The normalized spacial score (nSPS) is 10.3. The molecule has 0 aliphatic heterocycles. The fourth-order valence-electron chi connectivity index (χ4n) is 2.63. The van der Waals surface area contributed by atoms with E-state index in [0.717, 1.165) is 11.1 Å². The van der Waals surface area contributed by atoms with Crippen molar-refractivity contribution in [1.82, 2.24) is 10.3 Å². The van der Waals surface area contributed by atoms with Crippen molar-refractivity contribution in [1.29, 1.82) is 0 Å². The second-order valence-electron chi connectivity index (χ2n) is 5.84. The molecule has 1 aromatic heterocycles. The van der Waals surface area contributed by atoms with Crippen molar-refractivity contribution in [3.8, 4) is 11.3 Å². The van der Waals surface area contributed by atoms with Crippen LogP contribution in [0.25, 0.3) is 11.3 Å². The zero-order chi connectivity index (χ0) is 18.4. The SMILES string of the molecule is O=C(Cc1ccccc1)NCc1ccc(-c2ccccc2C(=O)O)nc1. The molecule has 0 aliphatic rings. The van der Waals surface area contributed by atoms with E-state index in [1.807, 2.05) is 36.4 Å². The van der Waals surface area contributed by atoms with Crippen LogP contribution in [0.2, 0.25) is 0 Å². The first-order valence-electron chi connectivity index (χ1n) is 8.22. The van der Waals surface area contributed by atoms with Gasteiger partial charge in [0.15, 0.2) is 0 Å². The topological polar surface area (TPSA) is 79.3 Å². The minimum Gasteiger partial charge on any atom is -0.478 e. The molecule has 1 amide bonds. The predicted molar refractivity (Wildman–Crippen MR) is 98.6 cm³/mol. The van der Waals surface area contributed by atoms with Crippen LogP contribution in [0.5, 0.6) is 0 Å². The lowest BCUT2D eigenvalue weighted by molar-refractivity contribution is -0.120. The molecule has 0 aliphatic carbocycles. The number of carboxylic acids is 1. The van der Waals surface area contributed by atoms with E-state index in [9.17, 15) is 14.7 Å². The van der Waals surface area contributed by atoms with Crippen LogP contribution < -0.4 is 5.32 Å². The van der Waals surface area contributed by atoms with Gasteiger partial charge in [-0.3, -0.25) is 9.78 Å². The summed E-state index contributed by atoms with van der Waals surface area (Å²) in [6.45, 7) is 0.375. The van der Waals surface area contributed by atoms with Gasteiger partial charge in [-0.1, -0.05) is 54.6 Å². The van der Waals surface area contributed by atoms with Crippen LogP contribution in [0.4, 0.5) is 0 Å². The van der Waals surface area contributed by atoms with Gasteiger partial charge in [0.25, 0.3) is 0 Å². The summed E-state index contributed by atoms with van der Waals surface area (Å²) >= 11 is 0. The molecular weight excluding hydrogens is 328 g/mol. The molecule has 0 atom stereocenters. The Morgan fingerprint density at radius 3 is 2.31 bits per heavy atom. The highest BCUT2D eigenvalue weighted by atomic mass is 16.4. The summed E-state index contributed by atoms with van der Waals surface area (Å²) < 4.78 is 0. The molecule has 2 N–H and O–H groups in total. The van der Waals surface area contributed by atoms with Crippen molar-refractivity contribution < 1.29 is 14.7 Å². The number of aromatic nitrogens is 1. The van der Waals surface area contributed by atoms with Crippen LogP contribution in [0.1, 0.15) is 21.5 Å². The molecule has 0 radical (unpaired) electrons. The molecule has 0 bridgehead atoms. The van der Waals surface area contributed by atoms with Crippen molar-refractivity contribution in [3.63, 3.8) is 0 Å². The summed E-state index contributed by atoms with van der Waals surface area (Å²) in [6.07, 6.45) is 1.98. The van der Waals surface area contributed by atoms with E-state index < -0.39 is 5.97 Å². The number of aromatic carboxylic acids is 1. The maximum Gasteiger partial charge on any atom is 0.336 e. The van der Waals surface area contributed by atoms with E-state index in [0.29, 0.717) is 24.2 Å². The van der Waals surface area contributed by atoms with Gasteiger partial charge < -0.3 is 10.4 Å². The van der Waals surface area contributed by atoms with Crippen LogP contribution in [0.15, 0.2) is 72.9 Å². The maximum atomic E-state index is 12.0. The summed E-state index contributed by atoms with van der Waals surface area (Å²) in [5, 5.41) is 12.1. The van der Waals surface area contributed by atoms with Crippen LogP contribution in [-0.2, 0) is 17.8 Å². The number of pyridine rings is 1. The first kappa shape index (κ1) is 17.4. The van der Waals surface area contributed by atoms with Crippen molar-refractivity contribution in [2.24, 2.45) is 0 Å². The number of carbonyl (C=O) groups is 2. The van der Waals surface area contributed by atoms with E-state index in [4.69, 9.17) is 0 Å². The minimum atomic E-state index is -0.986. The van der Waals surface area contributed by atoms with Gasteiger partial charge >= 0.3 is 5.97 Å². The van der Waals surface area contributed by atoms with Gasteiger partial charge in [-0.25, -0.2) is 4.79 Å². The third-order valence-corrected chi connectivity index (χ3v) is 3.96. The summed E-state index contributed by atoms with van der Waals surface area (Å²) in [5.41, 5.74) is 3.18. The number of amides is 1. The smallest absolute Gasteiger partial charge is 0.336 e. The van der Waals surface area contributed by atoms with Crippen LogP contribution >= 0.6 is 0 Å². The van der Waals surface area contributed by atoms with Crippen LogP contribution in [-0.4, -0.2) is 22.0 Å². The van der Waals surface area contributed by atoms with E-state index in [2.05, 4.69) is 10.3 Å². The minimum absolute atomic E-state index is 0.0588. The van der Waals surface area contributed by atoms with Crippen LogP contribution in [0, 0.1) is 0 Å². The van der Waals surface area contributed by atoms with Gasteiger partial charge in [-0.05, 0) is 23.3 Å². The molecule has 130 valence electrons. The molecule has 1 heterocycles. The number of benzene rings is 2. The number of hydrogen-bond acceptors (Lipinski definition) is 3. The summed E-state index contributed by atoms with van der Waals surface area (Å²) in [5.74, 6) is -1.05. The second kappa shape index (κ2) is 8.07. The van der Waals surface area contributed by atoms with Gasteiger partial charge in [-0.2, -0.15) is 0 Å². The quantitative estimate of drug-likeness (QED) is 0.718. The molecule has 0 saturated carbocycles. The Kier molecular flexibility index (Phi) is 5.39. The molecule has 26 heavy (non-hydrogen) atoms. The van der Waals surface area contributed by atoms with E-state index in [-0.39, 0.29) is 11.5 Å². The first-order chi connectivity index (χ1) is 12.6. The Labute approximate surface area is 151 Å². The Morgan fingerprint density at radius 1 is 0.885 bits per heavy atom. The zero-order valence-corrected chi connectivity index (χ0v) is 14.1. The molecule has 0 fully saturated rings. The number of hydrogen-bond donors (Lipinski definition) is 2. The predicted octanol–water partition coefficient (Wildman–Crippen LogP) is 3.31. The average Bonchev–Trinajstić information content (AvgIpc) is 2.67. The average molecular weight is 346 g/mol. The first-order valence-corrected chi connectivity index (χ1v) is 8.22. The number of nitrogens with one attached hydrogen (secondary N) is 1. The summed E-state index contributed by atoms with van der Waals surface area (Å²) in [7, 11) is 0. The number of rotatable bonds is 6. The molecule has 3 aromatic rings. The standard InChI is InChI=1S/C21H18N2O3/c24-20(12-15-6-2-1-3-7-15)23-14-16-10-11-19(22-13-16)17-8-4-5-9-18(17)21(25)26/h1-11,13H,12,14H2,(H,23,24)(H,25,26). The monoisotopic (exact) mass is 346 g/mol. The zero-order valence-electron chi connectivity index (χ0n) is 14.1. The Morgan fingerprint density at radius 2 is 1.62 bits per heavy atom. The lowest BCUT2D eigenvalue weighted by Crippen LogP contribution is -2.24. The van der Waals surface area contributed by atoms with Crippen LogP contribution in [0.3, 0.4) is 0 Å². The van der Waals surface area contributed by atoms with Crippen molar-refractivity contribution >= 4 is 11.9 Å². The van der Waals surface area contributed by atoms with Crippen molar-refractivity contribution in [2.75, 3.05) is 0 Å². The maximum absolute atomic E-state index is 12.0. The molecule has 0 saturated heterocycles. The molecule has 2 aromatic carbocycles. The van der Waals surface area contributed by atoms with E-state index in [1.165, 1.54) is 0 Å². The van der Waals surface area contributed by atoms with Gasteiger partial charge in [0.05, 0.1) is 17.7 Å². The Hall–Kier alpha value is -3.47. The third-order valence-electron chi connectivity index (χ3n) is 3.96. The molecular formula is C21H18N2O3. The Bertz CT molecular complexity index is 906. The Balaban J connectivity index is 1.63. The lowest BCUT2D eigenvalue weighted by Gasteiger charge is -2.08. The molecule has 0 unspecified atom stereocenters. The highest BCUT2D eigenvalue weighted by Crippen LogP contribution is 2.21. The number of carbonyl (C=O) groups excluding carboxylic acids is 1. The van der Waals surface area contributed by atoms with E-state index in [1.54, 1.807) is 36.5 Å². The third kappa shape index (κ3) is 4.33. The summed E-state index contributed by atoms with van der Waals surface area (Å²) in [6, 6.07) is 19.9. The summed E-state index contributed by atoms with van der Waals surface area (Å²) in [4.78, 5) is 27.7. The lowest BCUT2D eigenvalue weighted by atomic mass is 10.0. The van der Waals surface area contributed by atoms with Crippen molar-refractivity contribution in [3.05, 3.63) is 89.6 Å². The molecule has 5 heteroatoms. The molecule has 5 nitrogen and oxygen atoms in total. The fourth-order valence-corrected chi connectivity index (χ4v) is 2.63. The van der Waals surface area contributed by atoms with Gasteiger partial charge in [0.1, 0.15) is 0 Å². The van der Waals surface area contributed by atoms with Gasteiger partial charge in [0, 0.05) is 18.3 Å². The molecule has 0 spiro atoms. The number of carboxylic acid groups (broad SMARTS) is 1. The van der Waals surface area contributed by atoms with Gasteiger partial charge in [0.2, 0.25) is 5.91 Å². The fraction of sp³-hybridized carbons (Fsp3) is 0.0952.